The second-order valence-electron chi connectivity index (χ2n) is 9.47. The SMILES string of the molecule is COCCC(=O)N1CCN(c2nc(C3CC3)c(-c3ccc(NC(C)=O)cc3)c(C)c2C#N)CC1C. The Bertz CT molecular complexity index is 1150. The van der Waals surface area contributed by atoms with Crippen LogP contribution in [0, 0.1) is 18.3 Å². The van der Waals surface area contributed by atoms with Crippen LogP contribution in [0.4, 0.5) is 11.5 Å². The number of piperazine rings is 1. The molecule has 2 heterocycles. The van der Waals surface area contributed by atoms with Crippen LogP contribution in [0.5, 0.6) is 0 Å². The highest BCUT2D eigenvalue weighted by Gasteiger charge is 2.34. The van der Waals surface area contributed by atoms with E-state index in [2.05, 4.69) is 16.3 Å². The molecular weight excluding hydrogens is 442 g/mol. The number of hydrogen-bond donors (Lipinski definition) is 1. The predicted octanol–water partition coefficient (Wildman–Crippen LogP) is 3.84. The largest absolute Gasteiger partial charge is 0.384 e. The summed E-state index contributed by atoms with van der Waals surface area (Å²) in [7, 11) is 1.60. The summed E-state index contributed by atoms with van der Waals surface area (Å²) in [5, 5.41) is 13.0. The summed E-state index contributed by atoms with van der Waals surface area (Å²) in [6.07, 6.45) is 2.56. The highest BCUT2D eigenvalue weighted by molar-refractivity contribution is 5.89. The van der Waals surface area contributed by atoms with Crippen molar-refractivity contribution >= 4 is 23.3 Å². The van der Waals surface area contributed by atoms with Gasteiger partial charge in [0.25, 0.3) is 0 Å². The minimum absolute atomic E-state index is 0.0205. The summed E-state index contributed by atoms with van der Waals surface area (Å²) in [5.41, 5.74) is 5.30. The Morgan fingerprint density at radius 3 is 2.51 bits per heavy atom. The van der Waals surface area contributed by atoms with Crippen LogP contribution in [0.2, 0.25) is 0 Å². The van der Waals surface area contributed by atoms with Crippen LogP contribution in [0.1, 0.15) is 55.8 Å². The van der Waals surface area contributed by atoms with Crippen LogP contribution in [-0.4, -0.2) is 61.1 Å². The normalized spacial score (nSPS) is 17.7. The lowest BCUT2D eigenvalue weighted by molar-refractivity contribution is -0.134. The fourth-order valence-corrected chi connectivity index (χ4v) is 4.87. The van der Waals surface area contributed by atoms with Gasteiger partial charge in [0.2, 0.25) is 11.8 Å². The molecule has 184 valence electrons. The van der Waals surface area contributed by atoms with E-state index in [0.717, 1.165) is 46.7 Å². The highest BCUT2D eigenvalue weighted by Crippen LogP contribution is 2.46. The zero-order valence-electron chi connectivity index (χ0n) is 20.9. The van der Waals surface area contributed by atoms with E-state index < -0.39 is 0 Å². The van der Waals surface area contributed by atoms with E-state index in [1.54, 1.807) is 7.11 Å². The van der Waals surface area contributed by atoms with Gasteiger partial charge < -0.3 is 19.9 Å². The Kier molecular flexibility index (Phi) is 7.37. The molecule has 2 amide bonds. The van der Waals surface area contributed by atoms with Gasteiger partial charge in [0.15, 0.2) is 0 Å². The van der Waals surface area contributed by atoms with E-state index in [0.29, 0.717) is 44.1 Å². The molecule has 8 nitrogen and oxygen atoms in total. The molecule has 2 fully saturated rings. The quantitative estimate of drug-likeness (QED) is 0.653. The first-order chi connectivity index (χ1) is 16.8. The van der Waals surface area contributed by atoms with Gasteiger partial charge in [0.05, 0.1) is 24.3 Å². The van der Waals surface area contributed by atoms with E-state index in [4.69, 9.17) is 9.72 Å². The molecule has 4 rings (SSSR count). The first kappa shape index (κ1) is 24.7. The molecule has 2 aliphatic rings. The molecular formula is C27H33N5O3. The second kappa shape index (κ2) is 10.4. The molecule has 2 aromatic rings. The van der Waals surface area contributed by atoms with Crippen LogP contribution < -0.4 is 10.2 Å². The lowest BCUT2D eigenvalue weighted by Gasteiger charge is -2.41. The van der Waals surface area contributed by atoms with E-state index in [-0.39, 0.29) is 17.9 Å². The summed E-state index contributed by atoms with van der Waals surface area (Å²) in [5.74, 6) is 1.10. The molecule has 0 radical (unpaired) electrons. The fourth-order valence-electron chi connectivity index (χ4n) is 4.87. The van der Waals surface area contributed by atoms with Crippen LogP contribution >= 0.6 is 0 Å². The van der Waals surface area contributed by atoms with Crippen molar-refractivity contribution in [2.24, 2.45) is 0 Å². The van der Waals surface area contributed by atoms with E-state index in [1.165, 1.54) is 6.92 Å². The topological polar surface area (TPSA) is 98.6 Å². The standard InChI is InChI=1S/C27H33N5O3/c1-17-16-31(12-13-32(17)24(34)11-14-35-4)27-23(15-28)18(2)25(26(30-27)21-5-6-21)20-7-9-22(10-8-20)29-19(3)33/h7-10,17,21H,5-6,11-14,16H2,1-4H3,(H,29,33). The number of carbonyl (C=O) groups excluding carboxylic acids is 2. The molecule has 1 unspecified atom stereocenters. The Morgan fingerprint density at radius 2 is 1.94 bits per heavy atom. The maximum atomic E-state index is 12.6. The third-order valence-corrected chi connectivity index (χ3v) is 6.79. The Morgan fingerprint density at radius 1 is 1.23 bits per heavy atom. The number of anilines is 2. The highest BCUT2D eigenvalue weighted by atomic mass is 16.5. The van der Waals surface area contributed by atoms with E-state index in [9.17, 15) is 14.9 Å². The summed E-state index contributed by atoms with van der Waals surface area (Å²) in [6.45, 7) is 7.82. The monoisotopic (exact) mass is 475 g/mol. The second-order valence-corrected chi connectivity index (χ2v) is 9.47. The number of amides is 2. The number of hydrogen-bond acceptors (Lipinski definition) is 6. The van der Waals surface area contributed by atoms with Gasteiger partial charge in [-0.3, -0.25) is 9.59 Å². The average Bonchev–Trinajstić information content (AvgIpc) is 3.67. The zero-order valence-corrected chi connectivity index (χ0v) is 20.9. The molecule has 0 spiro atoms. The van der Waals surface area contributed by atoms with Gasteiger partial charge in [-0.15, -0.1) is 0 Å². The van der Waals surface area contributed by atoms with Crippen molar-refractivity contribution in [3.05, 3.63) is 41.1 Å². The number of carbonyl (C=O) groups is 2. The molecule has 1 aliphatic carbocycles. The number of nitrogens with zero attached hydrogens (tertiary/aromatic N) is 4. The molecule has 35 heavy (non-hydrogen) atoms. The number of rotatable bonds is 7. The maximum absolute atomic E-state index is 12.6. The number of ether oxygens (including phenoxy) is 1. The van der Waals surface area contributed by atoms with Crippen LogP contribution in [0.3, 0.4) is 0 Å². The zero-order chi connectivity index (χ0) is 25.1. The summed E-state index contributed by atoms with van der Waals surface area (Å²) < 4.78 is 5.06. The number of nitriles is 1. The minimum Gasteiger partial charge on any atom is -0.384 e. The maximum Gasteiger partial charge on any atom is 0.225 e. The molecule has 8 heteroatoms. The van der Waals surface area contributed by atoms with Crippen molar-refractivity contribution in [2.75, 3.05) is 43.6 Å². The first-order valence-corrected chi connectivity index (χ1v) is 12.2. The molecule has 1 saturated carbocycles. The number of benzene rings is 1. The number of pyridine rings is 1. The van der Waals surface area contributed by atoms with Crippen LogP contribution in [0.25, 0.3) is 11.1 Å². The van der Waals surface area contributed by atoms with Crippen LogP contribution in [0.15, 0.2) is 24.3 Å². The minimum atomic E-state index is -0.111. The van der Waals surface area contributed by atoms with Gasteiger partial charge in [-0.1, -0.05) is 12.1 Å². The smallest absolute Gasteiger partial charge is 0.225 e. The number of nitrogens with one attached hydrogen (secondary N) is 1. The van der Waals surface area contributed by atoms with Crippen molar-refractivity contribution in [3.8, 4) is 17.2 Å². The van der Waals surface area contributed by atoms with Crippen LogP contribution in [-0.2, 0) is 14.3 Å². The third kappa shape index (κ3) is 5.30. The van der Waals surface area contributed by atoms with Gasteiger partial charge in [-0.2, -0.15) is 5.26 Å². The molecule has 1 saturated heterocycles. The van der Waals surface area contributed by atoms with Gasteiger partial charge in [0.1, 0.15) is 11.9 Å². The summed E-state index contributed by atoms with van der Waals surface area (Å²) in [4.78, 5) is 33.1. The molecule has 1 atom stereocenters. The summed E-state index contributed by atoms with van der Waals surface area (Å²) in [6, 6.07) is 10.2. The molecule has 1 aromatic heterocycles. The van der Waals surface area contributed by atoms with Crippen molar-refractivity contribution in [3.63, 3.8) is 0 Å². The Balaban J connectivity index is 1.66. The molecule has 1 N–H and O–H groups in total. The van der Waals surface area contributed by atoms with Crippen molar-refractivity contribution < 1.29 is 14.3 Å². The molecule has 1 aromatic carbocycles. The summed E-state index contributed by atoms with van der Waals surface area (Å²) >= 11 is 0. The number of methoxy groups -OCH3 is 1. The molecule has 0 bridgehead atoms. The van der Waals surface area contributed by atoms with Gasteiger partial charge >= 0.3 is 0 Å². The van der Waals surface area contributed by atoms with E-state index >= 15 is 0 Å². The van der Waals surface area contributed by atoms with Gasteiger partial charge in [0, 0.05) is 56.9 Å². The lowest BCUT2D eigenvalue weighted by Crippen LogP contribution is -2.54. The predicted molar refractivity (Wildman–Crippen MR) is 135 cm³/mol. The van der Waals surface area contributed by atoms with Crippen molar-refractivity contribution in [1.82, 2.24) is 9.88 Å². The average molecular weight is 476 g/mol. The van der Waals surface area contributed by atoms with Gasteiger partial charge in [-0.05, 0) is 49.9 Å². The lowest BCUT2D eigenvalue weighted by atomic mass is 9.93. The molecule has 1 aliphatic heterocycles. The first-order valence-electron chi connectivity index (χ1n) is 12.2. The van der Waals surface area contributed by atoms with Crippen molar-refractivity contribution in [1.29, 1.82) is 5.26 Å². The Labute approximate surface area is 206 Å². The van der Waals surface area contributed by atoms with E-state index in [1.807, 2.05) is 43.0 Å². The fraction of sp³-hybridized carbons (Fsp3) is 0.481. The Hall–Kier alpha value is -3.44. The number of aromatic nitrogens is 1. The third-order valence-electron chi connectivity index (χ3n) is 6.79. The van der Waals surface area contributed by atoms with Crippen molar-refractivity contribution in [2.45, 2.75) is 52.0 Å². The van der Waals surface area contributed by atoms with Gasteiger partial charge in [-0.25, -0.2) is 4.98 Å².